The van der Waals surface area contributed by atoms with E-state index in [-0.39, 0.29) is 61.9 Å². The largest absolute Gasteiger partial charge is 0.481 e. The van der Waals surface area contributed by atoms with Gasteiger partial charge in [-0.2, -0.15) is 4.31 Å². The van der Waals surface area contributed by atoms with Crippen LogP contribution >= 0.6 is 7.52 Å². The number of nitrogens with one attached hydrogen (secondary N) is 3. The first kappa shape index (κ1) is 53.1. The number of aliphatic hydroxyl groups excluding tert-OH is 1. The van der Waals surface area contributed by atoms with Gasteiger partial charge in [0.2, 0.25) is 10.0 Å². The smallest absolute Gasteiger partial charge is 0.411 e. The summed E-state index contributed by atoms with van der Waals surface area (Å²) in [6.45, 7) is 11.6. The summed E-state index contributed by atoms with van der Waals surface area (Å²) in [4.78, 5) is 35.3. The molecule has 17 nitrogen and oxygen atoms in total. The van der Waals surface area contributed by atoms with Crippen LogP contribution in [0.4, 0.5) is 15.3 Å². The first-order valence-corrected chi connectivity index (χ1v) is 25.0. The summed E-state index contributed by atoms with van der Waals surface area (Å²) in [6, 6.07) is 29.3. The summed E-state index contributed by atoms with van der Waals surface area (Å²) in [6.07, 6.45) is -2.93. The van der Waals surface area contributed by atoms with Crippen LogP contribution in [-0.4, -0.2) is 99.5 Å². The summed E-state index contributed by atoms with van der Waals surface area (Å²) in [5.41, 5.74) is 1.83. The van der Waals surface area contributed by atoms with Gasteiger partial charge in [-0.3, -0.25) is 14.7 Å². The van der Waals surface area contributed by atoms with E-state index in [1.165, 1.54) is 35.5 Å². The van der Waals surface area contributed by atoms with Crippen molar-refractivity contribution in [2.45, 2.75) is 90.2 Å². The van der Waals surface area contributed by atoms with E-state index in [9.17, 15) is 32.5 Å². The first-order valence-electron chi connectivity index (χ1n) is 21.7. The van der Waals surface area contributed by atoms with Crippen molar-refractivity contribution in [2.75, 3.05) is 44.6 Å². The van der Waals surface area contributed by atoms with E-state index in [1.54, 1.807) is 55.5 Å². The zero-order chi connectivity index (χ0) is 48.1. The normalized spacial score (nSPS) is 15.4. The average Bonchev–Trinajstić information content (AvgIpc) is 3.78. The molecular weight excluding hydrogens is 892 g/mol. The Morgan fingerprint density at radius 3 is 2.05 bits per heavy atom. The molecule has 19 heteroatoms. The van der Waals surface area contributed by atoms with Crippen LogP contribution in [0.25, 0.3) is 0 Å². The van der Waals surface area contributed by atoms with Crippen molar-refractivity contribution < 1.29 is 60.7 Å². The maximum atomic E-state index is 14.1. The lowest BCUT2D eigenvalue weighted by molar-refractivity contribution is -0.140. The minimum atomic E-state index is -4.17. The Bertz CT molecular complexity index is 2250. The molecule has 1 saturated heterocycles. The average molecular weight is 955 g/mol. The Kier molecular flexibility index (Phi) is 21.4. The molecule has 0 aromatic heterocycles. The Labute approximate surface area is 388 Å². The maximum absolute atomic E-state index is 14.1. The topological polar surface area (TPSA) is 217 Å². The fourth-order valence-corrected chi connectivity index (χ4v) is 9.82. The van der Waals surface area contributed by atoms with Crippen LogP contribution in [0.1, 0.15) is 59.1 Å². The molecule has 360 valence electrons. The van der Waals surface area contributed by atoms with Gasteiger partial charge in [-0.15, -0.1) is 0 Å². The molecule has 1 unspecified atom stereocenters. The van der Waals surface area contributed by atoms with Gasteiger partial charge in [-0.25, -0.2) is 23.1 Å². The molecule has 4 atom stereocenters. The number of carbonyl (C=O) groups excluding carboxylic acids is 3. The van der Waals surface area contributed by atoms with Crippen LogP contribution < -0.4 is 25.0 Å². The predicted molar refractivity (Wildman–Crippen MR) is 250 cm³/mol. The number of rotatable bonds is 22. The molecule has 1 heterocycles. The summed E-state index contributed by atoms with van der Waals surface area (Å²) >= 11 is 0. The lowest BCUT2D eigenvalue weighted by Crippen LogP contribution is -2.51. The number of nitrogens with zero attached hydrogens (tertiary/aromatic N) is 1. The van der Waals surface area contributed by atoms with Crippen LogP contribution in [-0.2, 0) is 51.4 Å². The van der Waals surface area contributed by atoms with E-state index < -0.39 is 48.0 Å². The molecule has 0 bridgehead atoms. The van der Waals surface area contributed by atoms with Crippen molar-refractivity contribution in [3.63, 3.8) is 0 Å². The number of alkyl carbamates (subject to hydrolysis) is 1. The standard InChI is InChI=1S/C43H55N4O11PS.C4H8O2/c1-31(2)26-47(60(52,53)39-21-17-35(18-22-39)44-42(49)55-28-34-11-7-5-8-12-34)27-41(48)40(45-43(50)57-38-23-24-54-29-38)25-33-15-19-36(20-16-33)56-30-59(51,46-32(3)4)58-37-13-9-6-10-14-37;1-3-6-4(2)5/h5-22,31-32,38,40-41,48H,23-30H2,1-4H3,(H,44,49)(H,45,50)(H,46,51);3H2,1-2H3/t38-,40-,41+,59?;/m0./s1. The van der Waals surface area contributed by atoms with Crippen molar-refractivity contribution in [3.8, 4) is 11.5 Å². The number of ether oxygens (including phenoxy) is 5. The first-order chi connectivity index (χ1) is 31.4. The molecule has 4 aromatic rings. The zero-order valence-electron chi connectivity index (χ0n) is 38.3. The van der Waals surface area contributed by atoms with Crippen molar-refractivity contribution in [3.05, 3.63) is 120 Å². The van der Waals surface area contributed by atoms with Gasteiger partial charge in [-0.05, 0) is 92.8 Å². The van der Waals surface area contributed by atoms with E-state index >= 15 is 0 Å². The summed E-state index contributed by atoms with van der Waals surface area (Å²) in [5.74, 6) is 0.513. The number of benzene rings is 4. The fraction of sp³-hybridized carbons (Fsp3) is 0.426. The highest BCUT2D eigenvalue weighted by Gasteiger charge is 2.33. The lowest BCUT2D eigenvalue weighted by atomic mass is 10.0. The van der Waals surface area contributed by atoms with Crippen molar-refractivity contribution in [2.24, 2.45) is 5.92 Å². The molecule has 4 aromatic carbocycles. The number of carbonyl (C=O) groups is 3. The highest BCUT2D eigenvalue weighted by atomic mass is 32.2. The highest BCUT2D eigenvalue weighted by Crippen LogP contribution is 2.43. The second-order valence-electron chi connectivity index (χ2n) is 16.0. The Morgan fingerprint density at radius 2 is 1.48 bits per heavy atom. The van der Waals surface area contributed by atoms with Crippen LogP contribution in [0.5, 0.6) is 11.5 Å². The van der Waals surface area contributed by atoms with Crippen LogP contribution in [0, 0.1) is 5.92 Å². The number of para-hydroxylation sites is 1. The van der Waals surface area contributed by atoms with Crippen LogP contribution in [0.3, 0.4) is 0 Å². The van der Waals surface area contributed by atoms with Gasteiger partial charge in [0.05, 0.1) is 36.9 Å². The highest BCUT2D eigenvalue weighted by molar-refractivity contribution is 7.89. The summed E-state index contributed by atoms with van der Waals surface area (Å²) in [5, 5.41) is 20.1. The van der Waals surface area contributed by atoms with Gasteiger partial charge >= 0.3 is 25.7 Å². The molecule has 4 N–H and O–H groups in total. The molecular formula is C47H63N4O13PS. The molecule has 0 spiro atoms. The van der Waals surface area contributed by atoms with Crippen molar-refractivity contribution in [1.82, 2.24) is 14.7 Å². The SMILES string of the molecule is CC(C)CN(C[C@@H](O)[C@H](Cc1ccc(OCP(=O)(NC(C)C)Oc2ccccc2)cc1)NC(=O)O[C@H]1CCOC1)S(=O)(=O)c1ccc(NC(=O)OCc2ccccc2)cc1.CCOC(C)=O. The quantitative estimate of drug-likeness (QED) is 0.0337. The third-order valence-corrected chi connectivity index (χ3v) is 13.1. The van der Waals surface area contributed by atoms with E-state index in [0.717, 1.165) is 5.56 Å². The van der Waals surface area contributed by atoms with Gasteiger partial charge in [0.15, 0.2) is 6.35 Å². The number of sulfonamides is 1. The number of amides is 2. The number of aliphatic hydroxyl groups is 1. The van der Waals surface area contributed by atoms with E-state index in [2.05, 4.69) is 20.5 Å². The molecule has 0 radical (unpaired) electrons. The molecule has 1 aliphatic rings. The van der Waals surface area contributed by atoms with Crippen molar-refractivity contribution >= 4 is 41.4 Å². The van der Waals surface area contributed by atoms with E-state index in [4.69, 9.17) is 23.5 Å². The number of hydrogen-bond acceptors (Lipinski definition) is 13. The Balaban J connectivity index is 0.00000148. The molecule has 1 aliphatic heterocycles. The monoisotopic (exact) mass is 954 g/mol. The molecule has 1 fully saturated rings. The fourth-order valence-electron chi connectivity index (χ4n) is 6.45. The van der Waals surface area contributed by atoms with E-state index in [0.29, 0.717) is 42.4 Å². The van der Waals surface area contributed by atoms with Gasteiger partial charge < -0.3 is 38.6 Å². The van der Waals surface area contributed by atoms with E-state index in [1.807, 2.05) is 64.1 Å². The van der Waals surface area contributed by atoms with Gasteiger partial charge in [-0.1, -0.05) is 74.5 Å². The number of anilines is 1. The maximum Gasteiger partial charge on any atom is 0.411 e. The second kappa shape index (κ2) is 26.6. The van der Waals surface area contributed by atoms with Gasteiger partial charge in [0.1, 0.15) is 24.2 Å². The molecule has 5 rings (SSSR count). The lowest BCUT2D eigenvalue weighted by Gasteiger charge is -2.31. The molecule has 0 saturated carbocycles. The van der Waals surface area contributed by atoms with Gasteiger partial charge in [0.25, 0.3) is 0 Å². The third-order valence-electron chi connectivity index (χ3n) is 9.42. The number of esters is 1. The second-order valence-corrected chi connectivity index (χ2v) is 20.0. The molecule has 2 amide bonds. The minimum Gasteiger partial charge on any atom is -0.481 e. The number of hydrogen-bond donors (Lipinski definition) is 4. The minimum absolute atomic E-state index is 0.0541. The van der Waals surface area contributed by atoms with Crippen molar-refractivity contribution in [1.29, 1.82) is 0 Å². The zero-order valence-corrected chi connectivity index (χ0v) is 40.0. The molecule has 66 heavy (non-hydrogen) atoms. The Morgan fingerprint density at radius 1 is 0.833 bits per heavy atom. The van der Waals surface area contributed by atoms with Crippen LogP contribution in [0.2, 0.25) is 0 Å². The molecule has 0 aliphatic carbocycles. The summed E-state index contributed by atoms with van der Waals surface area (Å²) in [7, 11) is -7.65. The Hall–Kier alpha value is -5.49. The third kappa shape index (κ3) is 18.8. The van der Waals surface area contributed by atoms with Gasteiger partial charge in [0, 0.05) is 38.2 Å². The van der Waals surface area contributed by atoms with Crippen LogP contribution in [0.15, 0.2) is 114 Å². The predicted octanol–water partition coefficient (Wildman–Crippen LogP) is 7.75. The summed E-state index contributed by atoms with van der Waals surface area (Å²) < 4.78 is 75.4.